The highest BCUT2D eigenvalue weighted by Crippen LogP contribution is 2.37. The molecule has 3 nitrogen and oxygen atoms in total. The van der Waals surface area contributed by atoms with E-state index in [1.54, 1.807) is 18.2 Å². The summed E-state index contributed by atoms with van der Waals surface area (Å²) in [5.41, 5.74) is 6.02. The lowest BCUT2D eigenvalue weighted by Crippen LogP contribution is -2.36. The van der Waals surface area contributed by atoms with E-state index >= 15 is 0 Å². The summed E-state index contributed by atoms with van der Waals surface area (Å²) in [5.74, 6) is -2.03. The number of hydrogen-bond acceptors (Lipinski definition) is 2. The highest BCUT2D eigenvalue weighted by Gasteiger charge is 2.42. The maximum atomic E-state index is 13.3. The van der Waals surface area contributed by atoms with Gasteiger partial charge in [0.15, 0.2) is 0 Å². The third-order valence-corrected chi connectivity index (χ3v) is 4.06. The van der Waals surface area contributed by atoms with Gasteiger partial charge < -0.3 is 10.6 Å². The van der Waals surface area contributed by atoms with Gasteiger partial charge in [-0.15, -0.1) is 12.4 Å². The van der Waals surface area contributed by atoms with E-state index in [4.69, 9.17) is 5.73 Å². The Morgan fingerprint density at radius 1 is 1.21 bits per heavy atom. The zero-order chi connectivity index (χ0) is 17.6. The Morgan fingerprint density at radius 3 is 2.21 bits per heavy atom. The average Bonchev–Trinajstić information content (AvgIpc) is 2.49. The zero-order valence-corrected chi connectivity index (χ0v) is 15.0. The normalized spacial score (nSPS) is 14.0. The average molecular weight is 367 g/mol. The van der Waals surface area contributed by atoms with Crippen LogP contribution in [0.25, 0.3) is 0 Å². The third-order valence-electron chi connectivity index (χ3n) is 4.06. The van der Waals surface area contributed by atoms with E-state index in [9.17, 15) is 18.0 Å². The van der Waals surface area contributed by atoms with Gasteiger partial charge in [-0.25, -0.2) is 0 Å². The third kappa shape index (κ3) is 7.09. The summed E-state index contributed by atoms with van der Waals surface area (Å²) in [6.45, 7) is 4.31. The topological polar surface area (TPSA) is 46.3 Å². The van der Waals surface area contributed by atoms with E-state index in [0.29, 0.717) is 13.0 Å². The Hall–Kier alpha value is -1.27. The van der Waals surface area contributed by atoms with Crippen LogP contribution in [0.5, 0.6) is 0 Å². The van der Waals surface area contributed by atoms with Gasteiger partial charge in [-0.05, 0) is 17.9 Å². The van der Waals surface area contributed by atoms with E-state index in [1.807, 2.05) is 13.8 Å². The van der Waals surface area contributed by atoms with Crippen molar-refractivity contribution in [3.05, 3.63) is 35.9 Å². The summed E-state index contributed by atoms with van der Waals surface area (Å²) in [7, 11) is 1.52. The van der Waals surface area contributed by atoms with Crippen LogP contribution < -0.4 is 5.73 Å². The first-order valence-corrected chi connectivity index (χ1v) is 7.74. The van der Waals surface area contributed by atoms with Crippen molar-refractivity contribution in [1.82, 2.24) is 4.90 Å². The molecule has 2 unspecified atom stereocenters. The molecule has 0 heterocycles. The second kappa shape index (κ2) is 9.89. The molecule has 0 bridgehead atoms. The van der Waals surface area contributed by atoms with Crippen LogP contribution in [0.2, 0.25) is 0 Å². The lowest BCUT2D eigenvalue weighted by molar-refractivity contribution is -0.160. The predicted molar refractivity (Wildman–Crippen MR) is 92.2 cm³/mol. The number of halogens is 4. The van der Waals surface area contributed by atoms with Gasteiger partial charge in [-0.1, -0.05) is 44.2 Å². The number of rotatable bonds is 7. The van der Waals surface area contributed by atoms with E-state index in [1.165, 1.54) is 24.1 Å². The van der Waals surface area contributed by atoms with Gasteiger partial charge in [0.25, 0.3) is 0 Å². The Morgan fingerprint density at radius 2 is 1.75 bits per heavy atom. The molecule has 0 spiro atoms. The molecule has 0 aliphatic carbocycles. The quantitative estimate of drug-likeness (QED) is 0.793. The molecule has 1 rings (SSSR count). The summed E-state index contributed by atoms with van der Waals surface area (Å²) >= 11 is 0. The van der Waals surface area contributed by atoms with Gasteiger partial charge in [-0.3, -0.25) is 4.79 Å². The van der Waals surface area contributed by atoms with Gasteiger partial charge in [0.05, 0.1) is 5.92 Å². The first kappa shape index (κ1) is 22.7. The van der Waals surface area contributed by atoms with Crippen molar-refractivity contribution in [2.24, 2.45) is 11.7 Å². The minimum absolute atomic E-state index is 0. The summed E-state index contributed by atoms with van der Waals surface area (Å²) in [5, 5.41) is 0. The summed E-state index contributed by atoms with van der Waals surface area (Å²) in [4.78, 5) is 13.5. The predicted octanol–water partition coefficient (Wildman–Crippen LogP) is 3.98. The number of nitrogens with zero attached hydrogens (tertiary/aromatic N) is 1. The zero-order valence-electron chi connectivity index (χ0n) is 14.2. The first-order chi connectivity index (χ1) is 10.6. The van der Waals surface area contributed by atoms with Crippen LogP contribution in [0.4, 0.5) is 13.2 Å². The molecule has 7 heteroatoms. The molecule has 1 aromatic rings. The molecule has 0 aliphatic rings. The molecular formula is C17H26ClF3N2O. The van der Waals surface area contributed by atoms with Crippen LogP contribution in [-0.2, 0) is 4.79 Å². The molecule has 2 atom stereocenters. The van der Waals surface area contributed by atoms with Crippen LogP contribution in [0.15, 0.2) is 30.3 Å². The summed E-state index contributed by atoms with van der Waals surface area (Å²) in [6, 6.07) is 7.48. The lowest BCUT2D eigenvalue weighted by atomic mass is 9.94. The van der Waals surface area contributed by atoms with Crippen LogP contribution in [0.1, 0.15) is 38.2 Å². The lowest BCUT2D eigenvalue weighted by Gasteiger charge is -2.25. The Balaban J connectivity index is 0.00000529. The number of benzene rings is 1. The van der Waals surface area contributed by atoms with Gasteiger partial charge in [0, 0.05) is 26.1 Å². The highest BCUT2D eigenvalue weighted by molar-refractivity contribution is 5.85. The van der Waals surface area contributed by atoms with E-state index in [-0.39, 0.29) is 29.9 Å². The molecule has 0 saturated heterocycles. The number of alkyl halides is 3. The molecule has 0 fully saturated rings. The van der Waals surface area contributed by atoms with Gasteiger partial charge >= 0.3 is 6.18 Å². The number of hydrogen-bond donors (Lipinski definition) is 1. The van der Waals surface area contributed by atoms with Crippen molar-refractivity contribution in [1.29, 1.82) is 0 Å². The molecule has 24 heavy (non-hydrogen) atoms. The van der Waals surface area contributed by atoms with Gasteiger partial charge in [0.1, 0.15) is 0 Å². The molecule has 0 aliphatic heterocycles. The Bertz CT molecular complexity index is 494. The Kier molecular flexibility index (Phi) is 9.37. The Labute approximate surface area is 147 Å². The van der Waals surface area contributed by atoms with E-state index in [2.05, 4.69) is 0 Å². The highest BCUT2D eigenvalue weighted by atomic mass is 35.5. The van der Waals surface area contributed by atoms with E-state index < -0.39 is 24.4 Å². The standard InChI is InChI=1S/C17H25F3N2O.ClH/c1-12(2)15(21)9-10-22(3)16(23)11-14(17(18,19)20)13-7-5-4-6-8-13;/h4-8,12,14-15H,9-11,21H2,1-3H3;1H. The number of carbonyl (C=O) groups excluding carboxylic acids is 1. The second-order valence-electron chi connectivity index (χ2n) is 6.22. The molecule has 0 radical (unpaired) electrons. The molecular weight excluding hydrogens is 341 g/mol. The van der Waals surface area contributed by atoms with Crippen molar-refractivity contribution in [3.63, 3.8) is 0 Å². The maximum absolute atomic E-state index is 13.3. The second-order valence-corrected chi connectivity index (χ2v) is 6.22. The molecule has 1 aromatic carbocycles. The summed E-state index contributed by atoms with van der Waals surface area (Å²) < 4.78 is 39.8. The summed E-state index contributed by atoms with van der Waals surface area (Å²) in [6.07, 6.45) is -4.46. The van der Waals surface area contributed by atoms with Crippen molar-refractivity contribution in [2.75, 3.05) is 13.6 Å². The fourth-order valence-corrected chi connectivity index (χ4v) is 2.24. The fourth-order valence-electron chi connectivity index (χ4n) is 2.24. The van der Waals surface area contributed by atoms with Crippen LogP contribution in [0, 0.1) is 5.92 Å². The van der Waals surface area contributed by atoms with Gasteiger partial charge in [0.2, 0.25) is 5.91 Å². The molecule has 138 valence electrons. The number of amides is 1. The minimum atomic E-state index is -4.45. The van der Waals surface area contributed by atoms with E-state index in [0.717, 1.165) is 0 Å². The molecule has 1 amide bonds. The van der Waals surface area contributed by atoms with Crippen molar-refractivity contribution >= 4 is 18.3 Å². The van der Waals surface area contributed by atoms with Crippen LogP contribution in [-0.4, -0.2) is 36.6 Å². The minimum Gasteiger partial charge on any atom is -0.346 e. The van der Waals surface area contributed by atoms with Crippen LogP contribution >= 0.6 is 12.4 Å². The molecule has 2 N–H and O–H groups in total. The molecule has 0 saturated carbocycles. The largest absolute Gasteiger partial charge is 0.396 e. The van der Waals surface area contributed by atoms with Crippen molar-refractivity contribution < 1.29 is 18.0 Å². The number of carbonyl (C=O) groups is 1. The smallest absolute Gasteiger partial charge is 0.346 e. The van der Waals surface area contributed by atoms with Crippen molar-refractivity contribution in [3.8, 4) is 0 Å². The first-order valence-electron chi connectivity index (χ1n) is 7.74. The fraction of sp³-hybridized carbons (Fsp3) is 0.588. The van der Waals surface area contributed by atoms with Crippen LogP contribution in [0.3, 0.4) is 0 Å². The molecule has 0 aromatic heterocycles. The maximum Gasteiger partial charge on any atom is 0.396 e. The van der Waals surface area contributed by atoms with Crippen molar-refractivity contribution in [2.45, 2.75) is 44.8 Å². The number of nitrogens with two attached hydrogens (primary N) is 1. The monoisotopic (exact) mass is 366 g/mol. The SMILES string of the molecule is CC(C)C(N)CCN(C)C(=O)CC(c1ccccc1)C(F)(F)F.Cl. The van der Waals surface area contributed by atoms with Gasteiger partial charge in [-0.2, -0.15) is 13.2 Å².